The summed E-state index contributed by atoms with van der Waals surface area (Å²) in [6, 6.07) is 0.635. The Bertz CT molecular complexity index is 299. The molecule has 1 saturated carbocycles. The minimum Gasteiger partial charge on any atom is -0.308 e. The van der Waals surface area contributed by atoms with Gasteiger partial charge >= 0.3 is 0 Å². The second-order valence-electron chi connectivity index (χ2n) is 6.31. The number of nitrogens with one attached hydrogen (secondary N) is 1. The van der Waals surface area contributed by atoms with Crippen LogP contribution in [-0.4, -0.2) is 36.1 Å². The van der Waals surface area contributed by atoms with Crippen molar-refractivity contribution in [3.05, 3.63) is 11.1 Å². The lowest BCUT2D eigenvalue weighted by Crippen LogP contribution is -2.65. The van der Waals surface area contributed by atoms with Crippen LogP contribution >= 0.6 is 15.9 Å². The van der Waals surface area contributed by atoms with Crippen molar-refractivity contribution in [3.63, 3.8) is 0 Å². The van der Waals surface area contributed by atoms with Gasteiger partial charge in [-0.3, -0.25) is 4.90 Å². The predicted molar refractivity (Wildman–Crippen MR) is 77.4 cm³/mol. The maximum atomic E-state index is 4.01. The molecule has 3 heteroatoms. The fourth-order valence-electron chi connectivity index (χ4n) is 3.11. The quantitative estimate of drug-likeness (QED) is 0.859. The van der Waals surface area contributed by atoms with E-state index in [1.165, 1.54) is 12.8 Å². The lowest BCUT2D eigenvalue weighted by molar-refractivity contribution is 0.0619. The summed E-state index contributed by atoms with van der Waals surface area (Å²) in [5.74, 6) is 1.58. The highest BCUT2D eigenvalue weighted by molar-refractivity contribution is 9.11. The molecule has 2 atom stereocenters. The molecule has 0 spiro atoms. The maximum absolute atomic E-state index is 4.01. The van der Waals surface area contributed by atoms with E-state index >= 15 is 0 Å². The molecule has 1 heterocycles. The van der Waals surface area contributed by atoms with Crippen LogP contribution in [0.25, 0.3) is 0 Å². The average Bonchev–Trinajstić information content (AvgIpc) is 2.98. The highest BCUT2D eigenvalue weighted by atomic mass is 79.9. The third-order valence-electron chi connectivity index (χ3n) is 4.34. The maximum Gasteiger partial charge on any atom is 0.0309 e. The first-order valence-electron chi connectivity index (χ1n) is 6.75. The molecular formula is C14H25BrN2. The Kier molecular flexibility index (Phi) is 4.01. The molecule has 1 N–H and O–H groups in total. The lowest BCUT2D eigenvalue weighted by atomic mass is 9.88. The van der Waals surface area contributed by atoms with E-state index in [1.807, 2.05) is 0 Å². The van der Waals surface area contributed by atoms with Crippen molar-refractivity contribution in [1.82, 2.24) is 10.2 Å². The van der Waals surface area contributed by atoms with Crippen molar-refractivity contribution in [1.29, 1.82) is 0 Å². The third kappa shape index (κ3) is 3.12. The molecule has 2 nitrogen and oxygen atoms in total. The van der Waals surface area contributed by atoms with Gasteiger partial charge in [0.15, 0.2) is 0 Å². The Hall–Kier alpha value is 0.140. The van der Waals surface area contributed by atoms with Gasteiger partial charge in [-0.25, -0.2) is 0 Å². The van der Waals surface area contributed by atoms with Crippen molar-refractivity contribution in [2.24, 2.45) is 11.8 Å². The zero-order chi connectivity index (χ0) is 12.6. The van der Waals surface area contributed by atoms with Crippen LogP contribution in [0.2, 0.25) is 0 Å². The number of hydrogen-bond donors (Lipinski definition) is 1. The summed E-state index contributed by atoms with van der Waals surface area (Å²) in [7, 11) is 0. The zero-order valence-electron chi connectivity index (χ0n) is 11.3. The molecule has 0 aromatic heterocycles. The largest absolute Gasteiger partial charge is 0.308 e. The van der Waals surface area contributed by atoms with Gasteiger partial charge in [-0.05, 0) is 31.6 Å². The van der Waals surface area contributed by atoms with Gasteiger partial charge in [-0.15, -0.1) is 0 Å². The van der Waals surface area contributed by atoms with E-state index in [1.54, 1.807) is 0 Å². The summed E-state index contributed by atoms with van der Waals surface area (Å²) in [6.45, 7) is 14.3. The first kappa shape index (κ1) is 13.6. The van der Waals surface area contributed by atoms with Gasteiger partial charge in [0.25, 0.3) is 0 Å². The number of halogens is 1. The van der Waals surface area contributed by atoms with Gasteiger partial charge in [0.1, 0.15) is 0 Å². The van der Waals surface area contributed by atoms with E-state index < -0.39 is 0 Å². The molecule has 98 valence electrons. The second-order valence-corrected chi connectivity index (χ2v) is 7.43. The van der Waals surface area contributed by atoms with Gasteiger partial charge in [0.05, 0.1) is 0 Å². The highest BCUT2D eigenvalue weighted by Crippen LogP contribution is 2.41. The average molecular weight is 301 g/mol. The normalized spacial score (nSPS) is 35.2. The SMILES string of the molecule is C=C(Br)CN1CC(C)(C2CC2)NCC1C(C)C. The van der Waals surface area contributed by atoms with Crippen LogP contribution in [0, 0.1) is 11.8 Å². The van der Waals surface area contributed by atoms with Crippen LogP contribution in [0.5, 0.6) is 0 Å². The molecule has 1 aliphatic carbocycles. The first-order chi connectivity index (χ1) is 7.92. The van der Waals surface area contributed by atoms with Gasteiger partial charge in [0.2, 0.25) is 0 Å². The molecule has 0 radical (unpaired) electrons. The van der Waals surface area contributed by atoms with E-state index in [0.29, 0.717) is 17.5 Å². The summed E-state index contributed by atoms with van der Waals surface area (Å²) in [5.41, 5.74) is 0.327. The predicted octanol–water partition coefficient (Wildman–Crippen LogP) is 2.99. The van der Waals surface area contributed by atoms with Crippen LogP contribution in [0.15, 0.2) is 11.1 Å². The van der Waals surface area contributed by atoms with E-state index in [0.717, 1.165) is 30.0 Å². The van der Waals surface area contributed by atoms with E-state index in [9.17, 15) is 0 Å². The molecule has 0 aromatic rings. The standard InChI is InChI=1S/C14H25BrN2/c1-10(2)13-7-16-14(4,12-5-6-12)9-17(13)8-11(3)15/h10,12-13,16H,3,5-9H2,1-2,4H3. The number of rotatable bonds is 4. The molecular weight excluding hydrogens is 276 g/mol. The van der Waals surface area contributed by atoms with Crippen LogP contribution in [0.3, 0.4) is 0 Å². The lowest BCUT2D eigenvalue weighted by Gasteiger charge is -2.48. The highest BCUT2D eigenvalue weighted by Gasteiger charge is 2.46. The van der Waals surface area contributed by atoms with Gasteiger partial charge < -0.3 is 5.32 Å². The fraction of sp³-hybridized carbons (Fsp3) is 0.857. The molecule has 1 saturated heterocycles. The van der Waals surface area contributed by atoms with Crippen molar-refractivity contribution >= 4 is 15.9 Å². The second kappa shape index (κ2) is 5.02. The molecule has 1 aliphatic heterocycles. The van der Waals surface area contributed by atoms with Crippen molar-refractivity contribution < 1.29 is 0 Å². The summed E-state index contributed by atoms with van der Waals surface area (Å²) in [5, 5.41) is 3.81. The van der Waals surface area contributed by atoms with E-state index in [2.05, 4.69) is 53.5 Å². The minimum absolute atomic E-state index is 0.327. The smallest absolute Gasteiger partial charge is 0.0309 e. The number of piperazine rings is 1. The summed E-state index contributed by atoms with van der Waals surface area (Å²) in [6.07, 6.45) is 2.80. The molecule has 17 heavy (non-hydrogen) atoms. The zero-order valence-corrected chi connectivity index (χ0v) is 12.9. The van der Waals surface area contributed by atoms with Crippen LogP contribution in [0.1, 0.15) is 33.6 Å². The third-order valence-corrected chi connectivity index (χ3v) is 4.59. The van der Waals surface area contributed by atoms with E-state index in [4.69, 9.17) is 0 Å². The first-order valence-corrected chi connectivity index (χ1v) is 7.54. The molecule has 0 bridgehead atoms. The molecule has 0 amide bonds. The van der Waals surface area contributed by atoms with E-state index in [-0.39, 0.29) is 0 Å². The van der Waals surface area contributed by atoms with Crippen molar-refractivity contribution in [2.45, 2.75) is 45.2 Å². The Morgan fingerprint density at radius 3 is 2.65 bits per heavy atom. The van der Waals surface area contributed by atoms with Gasteiger partial charge in [-0.1, -0.05) is 36.4 Å². The van der Waals surface area contributed by atoms with Gasteiger partial charge in [0, 0.05) is 35.7 Å². The Labute approximate surface area is 114 Å². The number of nitrogens with zero attached hydrogens (tertiary/aromatic N) is 1. The summed E-state index contributed by atoms with van der Waals surface area (Å²) >= 11 is 3.52. The fourth-order valence-corrected chi connectivity index (χ4v) is 3.43. The summed E-state index contributed by atoms with van der Waals surface area (Å²) < 4.78 is 1.10. The monoisotopic (exact) mass is 300 g/mol. The van der Waals surface area contributed by atoms with Crippen LogP contribution in [-0.2, 0) is 0 Å². The van der Waals surface area contributed by atoms with Gasteiger partial charge in [-0.2, -0.15) is 0 Å². The Morgan fingerprint density at radius 1 is 1.53 bits per heavy atom. The Balaban J connectivity index is 2.06. The number of hydrogen-bond acceptors (Lipinski definition) is 2. The van der Waals surface area contributed by atoms with Crippen LogP contribution < -0.4 is 5.32 Å². The summed E-state index contributed by atoms with van der Waals surface area (Å²) in [4.78, 5) is 2.61. The Morgan fingerprint density at radius 2 is 2.18 bits per heavy atom. The molecule has 2 rings (SSSR count). The minimum atomic E-state index is 0.327. The molecule has 2 aliphatic rings. The topological polar surface area (TPSA) is 15.3 Å². The molecule has 2 unspecified atom stereocenters. The van der Waals surface area contributed by atoms with Crippen molar-refractivity contribution in [3.8, 4) is 0 Å². The van der Waals surface area contributed by atoms with Crippen molar-refractivity contribution in [2.75, 3.05) is 19.6 Å². The molecule has 2 fully saturated rings. The van der Waals surface area contributed by atoms with Crippen LogP contribution in [0.4, 0.5) is 0 Å². The molecule has 0 aromatic carbocycles.